The molecule has 0 radical (unpaired) electrons. The highest BCUT2D eigenvalue weighted by Gasteiger charge is 2.43. The second kappa shape index (κ2) is 8.69. The molecule has 1 aromatic carbocycles. The van der Waals surface area contributed by atoms with Crippen molar-refractivity contribution >= 4 is 18.0 Å². The topological polar surface area (TPSA) is 95.9 Å². The molecule has 2 atom stereocenters. The SMILES string of the molecule is COC(=O)C1(C)CCN(C(=O)NC(CCC(=O)O)Cc2ccccc2)C1. The van der Waals surface area contributed by atoms with E-state index in [0.717, 1.165) is 5.56 Å². The average Bonchev–Trinajstić information content (AvgIpc) is 3.03. The summed E-state index contributed by atoms with van der Waals surface area (Å²) < 4.78 is 4.83. The fourth-order valence-corrected chi connectivity index (χ4v) is 3.23. The molecule has 7 heteroatoms. The van der Waals surface area contributed by atoms with Crippen molar-refractivity contribution in [3.8, 4) is 0 Å². The van der Waals surface area contributed by atoms with Gasteiger partial charge in [-0.05, 0) is 31.7 Å². The first-order valence-corrected chi connectivity index (χ1v) is 8.73. The lowest BCUT2D eigenvalue weighted by Gasteiger charge is -2.25. The van der Waals surface area contributed by atoms with Crippen molar-refractivity contribution in [3.63, 3.8) is 0 Å². The molecule has 1 heterocycles. The van der Waals surface area contributed by atoms with Crippen molar-refractivity contribution in [2.75, 3.05) is 20.2 Å². The Morgan fingerprint density at radius 1 is 1.31 bits per heavy atom. The summed E-state index contributed by atoms with van der Waals surface area (Å²) in [6.45, 7) is 2.55. The fraction of sp³-hybridized carbons (Fsp3) is 0.526. The van der Waals surface area contributed by atoms with Crippen molar-refractivity contribution in [2.45, 2.75) is 38.6 Å². The van der Waals surface area contributed by atoms with Crippen LogP contribution in [0, 0.1) is 5.41 Å². The quantitative estimate of drug-likeness (QED) is 0.724. The highest BCUT2D eigenvalue weighted by molar-refractivity contribution is 5.80. The van der Waals surface area contributed by atoms with Crippen LogP contribution in [0.25, 0.3) is 0 Å². The van der Waals surface area contributed by atoms with Gasteiger partial charge in [0.15, 0.2) is 0 Å². The molecule has 0 aromatic heterocycles. The van der Waals surface area contributed by atoms with Gasteiger partial charge in [0, 0.05) is 25.6 Å². The van der Waals surface area contributed by atoms with Gasteiger partial charge in [-0.3, -0.25) is 9.59 Å². The number of carboxylic acids is 1. The van der Waals surface area contributed by atoms with Gasteiger partial charge in [0.2, 0.25) is 0 Å². The van der Waals surface area contributed by atoms with E-state index in [9.17, 15) is 14.4 Å². The van der Waals surface area contributed by atoms with Crippen LogP contribution < -0.4 is 5.32 Å². The summed E-state index contributed by atoms with van der Waals surface area (Å²) in [5.41, 5.74) is 0.339. The molecule has 1 aliphatic rings. The van der Waals surface area contributed by atoms with E-state index in [4.69, 9.17) is 9.84 Å². The number of carbonyl (C=O) groups excluding carboxylic acids is 2. The van der Waals surface area contributed by atoms with E-state index in [1.54, 1.807) is 11.8 Å². The highest BCUT2D eigenvalue weighted by Crippen LogP contribution is 2.31. The molecule has 1 saturated heterocycles. The molecule has 142 valence electrons. The van der Waals surface area contributed by atoms with E-state index in [1.807, 2.05) is 30.3 Å². The van der Waals surface area contributed by atoms with Crippen LogP contribution in [-0.2, 0) is 20.7 Å². The van der Waals surface area contributed by atoms with Crippen LogP contribution in [0.4, 0.5) is 4.79 Å². The van der Waals surface area contributed by atoms with E-state index in [0.29, 0.717) is 32.4 Å². The Bertz CT molecular complexity index is 649. The third-order valence-electron chi connectivity index (χ3n) is 4.80. The molecule has 0 saturated carbocycles. The van der Waals surface area contributed by atoms with Gasteiger partial charge in [-0.1, -0.05) is 30.3 Å². The Balaban J connectivity index is 1.99. The lowest BCUT2D eigenvalue weighted by molar-refractivity contribution is -0.150. The molecular weight excluding hydrogens is 336 g/mol. The van der Waals surface area contributed by atoms with Gasteiger partial charge in [-0.15, -0.1) is 0 Å². The van der Waals surface area contributed by atoms with E-state index >= 15 is 0 Å². The van der Waals surface area contributed by atoms with E-state index < -0.39 is 11.4 Å². The zero-order valence-corrected chi connectivity index (χ0v) is 15.2. The average molecular weight is 362 g/mol. The molecule has 7 nitrogen and oxygen atoms in total. The number of hydrogen-bond acceptors (Lipinski definition) is 4. The maximum absolute atomic E-state index is 12.6. The molecule has 1 aliphatic heterocycles. The maximum Gasteiger partial charge on any atom is 0.317 e. The number of likely N-dealkylation sites (tertiary alicyclic amines) is 1. The molecule has 2 amide bonds. The Labute approximate surface area is 153 Å². The lowest BCUT2D eigenvalue weighted by atomic mass is 9.90. The lowest BCUT2D eigenvalue weighted by Crippen LogP contribution is -2.46. The number of aliphatic carboxylic acids is 1. The maximum atomic E-state index is 12.6. The second-order valence-corrected chi connectivity index (χ2v) is 6.99. The van der Waals surface area contributed by atoms with Gasteiger partial charge < -0.3 is 20.1 Å². The first-order valence-electron chi connectivity index (χ1n) is 8.73. The normalized spacial score (nSPS) is 20.5. The number of benzene rings is 1. The minimum Gasteiger partial charge on any atom is -0.481 e. The Morgan fingerprint density at radius 2 is 2.00 bits per heavy atom. The van der Waals surface area contributed by atoms with Gasteiger partial charge >= 0.3 is 18.0 Å². The smallest absolute Gasteiger partial charge is 0.317 e. The number of carbonyl (C=O) groups is 3. The van der Waals surface area contributed by atoms with Crippen LogP contribution in [0.3, 0.4) is 0 Å². The third kappa shape index (κ3) is 5.21. The standard InChI is InChI=1S/C19H26N2O5/c1-19(17(24)26-2)10-11-21(13-19)18(25)20-15(8-9-16(22)23)12-14-6-4-3-5-7-14/h3-7,15H,8-13H2,1-2H3,(H,20,25)(H,22,23). The number of nitrogens with one attached hydrogen (secondary N) is 1. The van der Waals surface area contributed by atoms with Crippen molar-refractivity contribution < 1.29 is 24.2 Å². The monoisotopic (exact) mass is 362 g/mol. The largest absolute Gasteiger partial charge is 0.481 e. The number of hydrogen-bond donors (Lipinski definition) is 2. The molecule has 2 unspecified atom stereocenters. The Hall–Kier alpha value is -2.57. The molecule has 2 N–H and O–H groups in total. The summed E-state index contributed by atoms with van der Waals surface area (Å²) in [6.07, 6.45) is 1.43. The van der Waals surface area contributed by atoms with Crippen molar-refractivity contribution in [1.29, 1.82) is 0 Å². The number of rotatable bonds is 7. The van der Waals surface area contributed by atoms with Gasteiger partial charge in [-0.2, -0.15) is 0 Å². The molecule has 26 heavy (non-hydrogen) atoms. The van der Waals surface area contributed by atoms with Crippen LogP contribution in [0.1, 0.15) is 31.7 Å². The summed E-state index contributed by atoms with van der Waals surface area (Å²) in [5.74, 6) is -1.21. The molecule has 0 aliphatic carbocycles. The van der Waals surface area contributed by atoms with Crippen LogP contribution in [0.15, 0.2) is 30.3 Å². The highest BCUT2D eigenvalue weighted by atomic mass is 16.5. The fourth-order valence-electron chi connectivity index (χ4n) is 3.23. The number of nitrogens with zero attached hydrogens (tertiary/aromatic N) is 1. The van der Waals surface area contributed by atoms with E-state index in [2.05, 4.69) is 5.32 Å². The van der Waals surface area contributed by atoms with Crippen LogP contribution in [-0.4, -0.2) is 54.2 Å². The van der Waals surface area contributed by atoms with Gasteiger partial charge in [0.25, 0.3) is 0 Å². The summed E-state index contributed by atoms with van der Waals surface area (Å²) >= 11 is 0. The van der Waals surface area contributed by atoms with E-state index in [-0.39, 0.29) is 24.5 Å². The minimum atomic E-state index is -0.892. The molecule has 0 bridgehead atoms. The molecule has 0 spiro atoms. The third-order valence-corrected chi connectivity index (χ3v) is 4.80. The zero-order valence-electron chi connectivity index (χ0n) is 15.2. The first-order chi connectivity index (χ1) is 12.3. The zero-order chi connectivity index (χ0) is 19.2. The Kier molecular flexibility index (Phi) is 6.60. The van der Waals surface area contributed by atoms with Crippen molar-refractivity contribution in [3.05, 3.63) is 35.9 Å². The molecule has 1 aromatic rings. The van der Waals surface area contributed by atoms with Gasteiger partial charge in [0.05, 0.1) is 12.5 Å². The predicted molar refractivity (Wildman–Crippen MR) is 95.6 cm³/mol. The van der Waals surface area contributed by atoms with Gasteiger partial charge in [-0.25, -0.2) is 4.79 Å². The number of urea groups is 1. The summed E-state index contributed by atoms with van der Waals surface area (Å²) in [4.78, 5) is 37.0. The van der Waals surface area contributed by atoms with Crippen LogP contribution in [0.2, 0.25) is 0 Å². The number of carboxylic acid groups (broad SMARTS) is 1. The minimum absolute atomic E-state index is 0.0162. The second-order valence-electron chi connectivity index (χ2n) is 6.99. The van der Waals surface area contributed by atoms with Crippen LogP contribution >= 0.6 is 0 Å². The summed E-state index contributed by atoms with van der Waals surface area (Å²) in [5, 5.41) is 11.9. The number of methoxy groups -OCH3 is 1. The predicted octanol–water partition coefficient (Wildman–Crippen LogP) is 2.06. The molecule has 2 rings (SSSR count). The first kappa shape index (κ1) is 19.8. The molecular formula is C19H26N2O5. The number of ether oxygens (including phenoxy) is 1. The summed E-state index contributed by atoms with van der Waals surface area (Å²) in [6, 6.07) is 9.07. The number of amides is 2. The van der Waals surface area contributed by atoms with E-state index in [1.165, 1.54) is 7.11 Å². The van der Waals surface area contributed by atoms with Crippen LogP contribution in [0.5, 0.6) is 0 Å². The van der Waals surface area contributed by atoms with Gasteiger partial charge in [0.1, 0.15) is 0 Å². The molecule has 1 fully saturated rings. The Morgan fingerprint density at radius 3 is 2.62 bits per heavy atom. The number of esters is 1. The van der Waals surface area contributed by atoms with Crippen molar-refractivity contribution in [1.82, 2.24) is 10.2 Å². The van der Waals surface area contributed by atoms with Crippen molar-refractivity contribution in [2.24, 2.45) is 5.41 Å². The summed E-state index contributed by atoms with van der Waals surface area (Å²) in [7, 11) is 1.35.